The van der Waals surface area contributed by atoms with Crippen molar-refractivity contribution in [2.24, 2.45) is 0 Å². The van der Waals surface area contributed by atoms with E-state index in [4.69, 9.17) is 0 Å². The van der Waals surface area contributed by atoms with Gasteiger partial charge in [-0.15, -0.1) is 0 Å². The Morgan fingerprint density at radius 1 is 0.971 bits per heavy atom. The normalized spacial score (nSPS) is 11.5. The van der Waals surface area contributed by atoms with Crippen molar-refractivity contribution in [3.8, 4) is 11.3 Å². The number of rotatable bonds is 10. The van der Waals surface area contributed by atoms with Crippen LogP contribution in [-0.4, -0.2) is 37.4 Å². The molecule has 4 aromatic rings. The summed E-state index contributed by atoms with van der Waals surface area (Å²) in [6, 6.07) is 20.0. The smallest absolute Gasteiger partial charge is 0.252 e. The lowest BCUT2D eigenvalue weighted by Gasteiger charge is -2.13. The molecule has 0 bridgehead atoms. The number of nitrogens with zero attached hydrogens (tertiary/aromatic N) is 2. The number of aromatic nitrogens is 2. The van der Waals surface area contributed by atoms with E-state index in [0.29, 0.717) is 41.7 Å². The van der Waals surface area contributed by atoms with Gasteiger partial charge >= 0.3 is 0 Å². The Labute approximate surface area is 205 Å². The van der Waals surface area contributed by atoms with Gasteiger partial charge in [-0.2, -0.15) is 0 Å². The van der Waals surface area contributed by atoms with Crippen LogP contribution in [0.4, 0.5) is 0 Å². The summed E-state index contributed by atoms with van der Waals surface area (Å²) in [5.74, 6) is -0.285. The van der Waals surface area contributed by atoms with Gasteiger partial charge in [0.05, 0.1) is 21.7 Å². The second-order valence-electron chi connectivity index (χ2n) is 8.22. The van der Waals surface area contributed by atoms with E-state index in [-0.39, 0.29) is 10.8 Å². The van der Waals surface area contributed by atoms with E-state index in [0.717, 1.165) is 24.0 Å². The van der Waals surface area contributed by atoms with Crippen LogP contribution in [0.5, 0.6) is 0 Å². The summed E-state index contributed by atoms with van der Waals surface area (Å²) in [4.78, 5) is 22.2. The number of unbranched alkanes of at least 4 members (excludes halogenated alkanes) is 1. The summed E-state index contributed by atoms with van der Waals surface area (Å²) >= 11 is 0. The fourth-order valence-electron chi connectivity index (χ4n) is 3.75. The van der Waals surface area contributed by atoms with Crippen molar-refractivity contribution in [2.45, 2.75) is 31.1 Å². The molecule has 7 nitrogen and oxygen atoms in total. The Morgan fingerprint density at radius 2 is 1.80 bits per heavy atom. The number of hydrogen-bond donors (Lipinski definition) is 2. The van der Waals surface area contributed by atoms with Gasteiger partial charge in [0, 0.05) is 36.4 Å². The number of benzene rings is 2. The van der Waals surface area contributed by atoms with Crippen molar-refractivity contribution in [3.63, 3.8) is 0 Å². The van der Waals surface area contributed by atoms with Crippen molar-refractivity contribution < 1.29 is 13.2 Å². The van der Waals surface area contributed by atoms with E-state index in [1.165, 1.54) is 12.1 Å². The number of sulfonamides is 1. The summed E-state index contributed by atoms with van der Waals surface area (Å²) in [7, 11) is -3.70. The second kappa shape index (κ2) is 11.2. The first-order valence-electron chi connectivity index (χ1n) is 11.6. The van der Waals surface area contributed by atoms with Crippen LogP contribution in [0.1, 0.15) is 35.7 Å². The Kier molecular flexibility index (Phi) is 7.84. The molecular formula is C27H28N4O3S. The molecule has 35 heavy (non-hydrogen) atoms. The van der Waals surface area contributed by atoms with Gasteiger partial charge in [0.25, 0.3) is 5.91 Å². The summed E-state index contributed by atoms with van der Waals surface area (Å²) in [5.41, 5.74) is 3.38. The van der Waals surface area contributed by atoms with E-state index >= 15 is 0 Å². The highest BCUT2D eigenvalue weighted by atomic mass is 32.2. The zero-order valence-electron chi connectivity index (χ0n) is 19.6. The molecule has 0 saturated heterocycles. The van der Waals surface area contributed by atoms with Gasteiger partial charge in [0.1, 0.15) is 0 Å². The highest BCUT2D eigenvalue weighted by Gasteiger charge is 2.19. The van der Waals surface area contributed by atoms with Crippen LogP contribution in [0.2, 0.25) is 0 Å². The van der Waals surface area contributed by atoms with Crippen molar-refractivity contribution in [1.29, 1.82) is 0 Å². The highest BCUT2D eigenvalue weighted by Crippen LogP contribution is 2.27. The van der Waals surface area contributed by atoms with Gasteiger partial charge in [-0.05, 0) is 54.8 Å². The molecule has 1 amide bonds. The van der Waals surface area contributed by atoms with Crippen LogP contribution in [0.15, 0.2) is 84.0 Å². The number of pyridine rings is 2. The minimum atomic E-state index is -3.70. The van der Waals surface area contributed by atoms with E-state index in [1.54, 1.807) is 30.6 Å². The third kappa shape index (κ3) is 6.09. The summed E-state index contributed by atoms with van der Waals surface area (Å²) < 4.78 is 28.2. The highest BCUT2D eigenvalue weighted by molar-refractivity contribution is 7.89. The van der Waals surface area contributed by atoms with Crippen LogP contribution in [0.25, 0.3) is 22.2 Å². The standard InChI is InChI=1S/C27H28N4O3S/c1-2-3-15-30-35(33,34)22-11-12-25-23(17-22)24(18-26(31-25)21-10-7-14-28-19-21)27(32)29-16-13-20-8-5-4-6-9-20/h4-12,14,17-19,30H,2-3,13,15-16H2,1H3,(H,29,32). The molecule has 2 N–H and O–H groups in total. The monoisotopic (exact) mass is 488 g/mol. The lowest BCUT2D eigenvalue weighted by molar-refractivity contribution is 0.0955. The molecule has 0 aliphatic rings. The zero-order valence-corrected chi connectivity index (χ0v) is 20.4. The molecule has 2 heterocycles. The molecule has 0 spiro atoms. The molecule has 0 atom stereocenters. The Morgan fingerprint density at radius 3 is 2.54 bits per heavy atom. The Bertz CT molecular complexity index is 1410. The molecule has 0 radical (unpaired) electrons. The van der Waals surface area contributed by atoms with Crippen LogP contribution >= 0.6 is 0 Å². The first-order valence-corrected chi connectivity index (χ1v) is 13.1. The topological polar surface area (TPSA) is 101 Å². The van der Waals surface area contributed by atoms with Crippen molar-refractivity contribution in [3.05, 3.63) is 90.3 Å². The summed E-state index contributed by atoms with van der Waals surface area (Å²) in [6.07, 6.45) is 5.67. The lowest BCUT2D eigenvalue weighted by Crippen LogP contribution is -2.26. The molecule has 0 aliphatic carbocycles. The fraction of sp³-hybridized carbons (Fsp3) is 0.222. The molecule has 180 valence electrons. The predicted molar refractivity (Wildman–Crippen MR) is 138 cm³/mol. The van der Waals surface area contributed by atoms with E-state index in [1.807, 2.05) is 43.3 Å². The number of fused-ring (bicyclic) bond motifs is 1. The maximum atomic E-state index is 13.3. The summed E-state index contributed by atoms with van der Waals surface area (Å²) in [6.45, 7) is 2.81. The first kappa shape index (κ1) is 24.5. The molecule has 8 heteroatoms. The van der Waals surface area contributed by atoms with Gasteiger partial charge in [-0.1, -0.05) is 43.7 Å². The SMILES string of the molecule is CCCCNS(=O)(=O)c1ccc2nc(-c3cccnc3)cc(C(=O)NCCc3ccccc3)c2c1. The molecule has 0 aliphatic heterocycles. The number of nitrogens with one attached hydrogen (secondary N) is 2. The number of carbonyl (C=O) groups is 1. The zero-order chi connectivity index (χ0) is 24.7. The largest absolute Gasteiger partial charge is 0.352 e. The first-order chi connectivity index (χ1) is 17.0. The molecule has 2 aromatic heterocycles. The quantitative estimate of drug-likeness (QED) is 0.323. The average molecular weight is 489 g/mol. The number of hydrogen-bond acceptors (Lipinski definition) is 5. The molecule has 0 unspecified atom stereocenters. The van der Waals surface area contributed by atoms with E-state index in [2.05, 4.69) is 20.0 Å². The van der Waals surface area contributed by atoms with E-state index < -0.39 is 10.0 Å². The minimum absolute atomic E-state index is 0.107. The fourth-order valence-corrected chi connectivity index (χ4v) is 4.85. The Hall–Kier alpha value is -3.62. The van der Waals surface area contributed by atoms with Crippen LogP contribution < -0.4 is 10.0 Å². The van der Waals surface area contributed by atoms with Gasteiger partial charge in [-0.3, -0.25) is 9.78 Å². The number of amides is 1. The third-order valence-corrected chi connectivity index (χ3v) is 7.12. The molecular weight excluding hydrogens is 460 g/mol. The maximum absolute atomic E-state index is 13.3. The molecule has 0 fully saturated rings. The average Bonchev–Trinajstić information content (AvgIpc) is 2.89. The maximum Gasteiger partial charge on any atom is 0.252 e. The van der Waals surface area contributed by atoms with Gasteiger partial charge in [0.2, 0.25) is 10.0 Å². The predicted octanol–water partition coefficient (Wildman–Crippen LogP) is 4.35. The molecule has 4 rings (SSSR count). The summed E-state index contributed by atoms with van der Waals surface area (Å²) in [5, 5.41) is 3.45. The van der Waals surface area contributed by atoms with Crippen LogP contribution in [0, 0.1) is 0 Å². The van der Waals surface area contributed by atoms with E-state index in [9.17, 15) is 13.2 Å². The van der Waals surface area contributed by atoms with Gasteiger partial charge in [-0.25, -0.2) is 18.1 Å². The minimum Gasteiger partial charge on any atom is -0.352 e. The van der Waals surface area contributed by atoms with Crippen molar-refractivity contribution in [1.82, 2.24) is 20.0 Å². The van der Waals surface area contributed by atoms with Gasteiger partial charge in [0.15, 0.2) is 0 Å². The van der Waals surface area contributed by atoms with Crippen LogP contribution in [0.3, 0.4) is 0 Å². The molecule has 0 saturated carbocycles. The van der Waals surface area contributed by atoms with Crippen molar-refractivity contribution >= 4 is 26.8 Å². The molecule has 2 aromatic carbocycles. The third-order valence-electron chi connectivity index (χ3n) is 5.66. The van der Waals surface area contributed by atoms with Crippen LogP contribution in [-0.2, 0) is 16.4 Å². The van der Waals surface area contributed by atoms with Gasteiger partial charge < -0.3 is 5.32 Å². The lowest BCUT2D eigenvalue weighted by atomic mass is 10.0. The van der Waals surface area contributed by atoms with Crippen molar-refractivity contribution in [2.75, 3.05) is 13.1 Å². The number of carbonyl (C=O) groups excluding carboxylic acids is 1. The second-order valence-corrected chi connectivity index (χ2v) is 9.99. The Balaban J connectivity index is 1.70.